The molecule has 0 spiro atoms. The van der Waals surface area contributed by atoms with Gasteiger partial charge in [-0.3, -0.25) is 0 Å². The fraction of sp³-hybridized carbons (Fsp3) is 0.200. The number of para-hydroxylation sites is 1. The van der Waals surface area contributed by atoms with Crippen LogP contribution in [0, 0.1) is 6.92 Å². The van der Waals surface area contributed by atoms with E-state index in [0.717, 1.165) is 11.3 Å². The molecule has 0 fully saturated rings. The highest BCUT2D eigenvalue weighted by Gasteiger charge is 2.00. The summed E-state index contributed by atoms with van der Waals surface area (Å²) in [6.07, 6.45) is 0. The van der Waals surface area contributed by atoms with Crippen molar-refractivity contribution in [2.45, 2.75) is 20.8 Å². The van der Waals surface area contributed by atoms with Gasteiger partial charge in [0.2, 0.25) is 0 Å². The average Bonchev–Trinajstić information content (AvgIpc) is 2.38. The first-order valence-corrected chi connectivity index (χ1v) is 5.78. The Morgan fingerprint density at radius 2 is 1.53 bits per heavy atom. The summed E-state index contributed by atoms with van der Waals surface area (Å²) in [5, 5.41) is 9.50. The van der Waals surface area contributed by atoms with Crippen LogP contribution in [0.4, 0.5) is 0 Å². The van der Waals surface area contributed by atoms with Crippen LogP contribution in [0.1, 0.15) is 19.4 Å². The van der Waals surface area contributed by atoms with Gasteiger partial charge < -0.3 is 9.84 Å². The van der Waals surface area contributed by atoms with Gasteiger partial charge in [0.25, 0.3) is 0 Å². The Balaban J connectivity index is 0.000000686. The molecule has 0 aliphatic rings. The van der Waals surface area contributed by atoms with Crippen LogP contribution in [-0.2, 0) is 0 Å². The lowest BCUT2D eigenvalue weighted by atomic mass is 10.2. The third kappa shape index (κ3) is 3.83. The number of rotatable bonds is 2. The summed E-state index contributed by atoms with van der Waals surface area (Å²) in [4.78, 5) is 0. The molecule has 2 aromatic carbocycles. The molecule has 0 unspecified atom stereocenters. The first-order chi connectivity index (χ1) is 8.25. The number of hydrogen-bond acceptors (Lipinski definition) is 2. The Kier molecular flexibility index (Phi) is 5.08. The van der Waals surface area contributed by atoms with Crippen LogP contribution >= 0.6 is 0 Å². The van der Waals surface area contributed by atoms with Crippen molar-refractivity contribution in [1.29, 1.82) is 0 Å². The van der Waals surface area contributed by atoms with Crippen molar-refractivity contribution >= 4 is 0 Å². The maximum absolute atomic E-state index is 9.50. The minimum Gasteiger partial charge on any atom is -0.508 e. The van der Waals surface area contributed by atoms with Crippen molar-refractivity contribution in [2.24, 2.45) is 0 Å². The molecule has 0 bridgehead atoms. The highest BCUT2D eigenvalue weighted by atomic mass is 16.5. The summed E-state index contributed by atoms with van der Waals surface area (Å²) in [6, 6.07) is 14.8. The van der Waals surface area contributed by atoms with Crippen molar-refractivity contribution in [2.75, 3.05) is 0 Å². The van der Waals surface area contributed by atoms with Gasteiger partial charge in [-0.1, -0.05) is 38.1 Å². The molecule has 0 atom stereocenters. The number of phenolic OH excluding ortho intramolecular Hbond substituents is 1. The predicted molar refractivity (Wildman–Crippen MR) is 70.7 cm³/mol. The molecule has 0 aliphatic heterocycles. The average molecular weight is 230 g/mol. The van der Waals surface area contributed by atoms with E-state index in [1.807, 2.05) is 63.2 Å². The Labute approximate surface area is 102 Å². The molecule has 0 aliphatic carbocycles. The topological polar surface area (TPSA) is 29.5 Å². The third-order valence-electron chi connectivity index (χ3n) is 2.16. The van der Waals surface area contributed by atoms with E-state index in [0.29, 0.717) is 5.75 Å². The fourth-order valence-electron chi connectivity index (χ4n) is 1.28. The monoisotopic (exact) mass is 230 g/mol. The molecule has 2 heteroatoms. The molecular formula is C15H18O2. The van der Waals surface area contributed by atoms with Gasteiger partial charge in [0, 0.05) is 6.07 Å². The lowest BCUT2D eigenvalue weighted by Gasteiger charge is -2.06. The summed E-state index contributed by atoms with van der Waals surface area (Å²) in [6.45, 7) is 5.85. The van der Waals surface area contributed by atoms with E-state index in [2.05, 4.69) is 0 Å². The Bertz CT molecular complexity index is 450. The first kappa shape index (κ1) is 13.1. The summed E-state index contributed by atoms with van der Waals surface area (Å²) >= 11 is 0. The Hall–Kier alpha value is -1.96. The lowest BCUT2D eigenvalue weighted by molar-refractivity contribution is 0.452. The van der Waals surface area contributed by atoms with E-state index in [9.17, 15) is 5.11 Å². The van der Waals surface area contributed by atoms with Crippen molar-refractivity contribution in [3.63, 3.8) is 0 Å². The second-order valence-corrected chi connectivity index (χ2v) is 3.36. The molecule has 1 N–H and O–H groups in total. The van der Waals surface area contributed by atoms with Crippen LogP contribution < -0.4 is 4.74 Å². The molecule has 2 nitrogen and oxygen atoms in total. The number of benzene rings is 2. The smallest absolute Gasteiger partial charge is 0.131 e. The zero-order chi connectivity index (χ0) is 12.7. The van der Waals surface area contributed by atoms with Gasteiger partial charge >= 0.3 is 0 Å². The molecule has 0 aromatic heterocycles. The molecule has 0 saturated heterocycles. The van der Waals surface area contributed by atoms with Gasteiger partial charge in [-0.25, -0.2) is 0 Å². The summed E-state index contributed by atoms with van der Waals surface area (Å²) in [5.41, 5.74) is 0.843. The van der Waals surface area contributed by atoms with E-state index in [-0.39, 0.29) is 5.75 Å². The van der Waals surface area contributed by atoms with Crippen molar-refractivity contribution < 1.29 is 9.84 Å². The maximum Gasteiger partial charge on any atom is 0.131 e. The second kappa shape index (κ2) is 6.59. The molecule has 0 saturated carbocycles. The van der Waals surface area contributed by atoms with Crippen LogP contribution in [0.3, 0.4) is 0 Å². The number of aromatic hydroxyl groups is 1. The Morgan fingerprint density at radius 3 is 2.12 bits per heavy atom. The van der Waals surface area contributed by atoms with E-state index < -0.39 is 0 Å². The molecule has 0 heterocycles. The van der Waals surface area contributed by atoms with Gasteiger partial charge in [-0.15, -0.1) is 0 Å². The van der Waals surface area contributed by atoms with E-state index in [4.69, 9.17) is 4.74 Å². The van der Waals surface area contributed by atoms with Gasteiger partial charge in [0.1, 0.15) is 17.2 Å². The maximum atomic E-state index is 9.50. The van der Waals surface area contributed by atoms with E-state index in [1.54, 1.807) is 6.07 Å². The quantitative estimate of drug-likeness (QED) is 0.822. The van der Waals surface area contributed by atoms with Gasteiger partial charge in [-0.05, 0) is 30.7 Å². The third-order valence-corrected chi connectivity index (χ3v) is 2.16. The molecular weight excluding hydrogens is 212 g/mol. The largest absolute Gasteiger partial charge is 0.508 e. The van der Waals surface area contributed by atoms with Crippen LogP contribution in [-0.4, -0.2) is 5.11 Å². The zero-order valence-corrected chi connectivity index (χ0v) is 10.5. The number of hydrogen-bond donors (Lipinski definition) is 1. The number of aryl methyl sites for hydroxylation is 1. The normalized spacial score (nSPS) is 9.12. The minimum atomic E-state index is 0.253. The van der Waals surface area contributed by atoms with Crippen LogP contribution in [0.15, 0.2) is 48.5 Å². The molecule has 17 heavy (non-hydrogen) atoms. The first-order valence-electron chi connectivity index (χ1n) is 5.78. The molecule has 0 radical (unpaired) electrons. The van der Waals surface area contributed by atoms with Crippen LogP contribution in [0.5, 0.6) is 17.2 Å². The van der Waals surface area contributed by atoms with Crippen LogP contribution in [0.25, 0.3) is 0 Å². The predicted octanol–water partition coefficient (Wildman–Crippen LogP) is 4.52. The standard InChI is InChI=1S/C13H12O2.C2H6/c1-10-7-8-12(9-13(10)14)15-11-5-3-2-4-6-11;1-2/h2-9,14H,1H3;1-2H3. The minimum absolute atomic E-state index is 0.253. The fourth-order valence-corrected chi connectivity index (χ4v) is 1.28. The molecule has 2 rings (SSSR count). The Morgan fingerprint density at radius 1 is 0.882 bits per heavy atom. The zero-order valence-electron chi connectivity index (χ0n) is 10.5. The van der Waals surface area contributed by atoms with Gasteiger partial charge in [0.05, 0.1) is 0 Å². The molecule has 90 valence electrons. The molecule has 2 aromatic rings. The van der Waals surface area contributed by atoms with Gasteiger partial charge in [0.15, 0.2) is 0 Å². The molecule has 0 amide bonds. The summed E-state index contributed by atoms with van der Waals surface area (Å²) in [7, 11) is 0. The lowest BCUT2D eigenvalue weighted by Crippen LogP contribution is -1.84. The summed E-state index contributed by atoms with van der Waals surface area (Å²) < 4.78 is 5.55. The van der Waals surface area contributed by atoms with E-state index >= 15 is 0 Å². The number of phenols is 1. The highest BCUT2D eigenvalue weighted by molar-refractivity contribution is 5.40. The highest BCUT2D eigenvalue weighted by Crippen LogP contribution is 2.26. The van der Waals surface area contributed by atoms with Gasteiger partial charge in [-0.2, -0.15) is 0 Å². The summed E-state index contributed by atoms with van der Waals surface area (Å²) in [5.74, 6) is 1.66. The van der Waals surface area contributed by atoms with Crippen molar-refractivity contribution in [3.05, 3.63) is 54.1 Å². The van der Waals surface area contributed by atoms with E-state index in [1.165, 1.54) is 0 Å². The number of ether oxygens (including phenoxy) is 1. The SMILES string of the molecule is CC.Cc1ccc(Oc2ccccc2)cc1O. The van der Waals surface area contributed by atoms with Crippen molar-refractivity contribution in [3.8, 4) is 17.2 Å². The van der Waals surface area contributed by atoms with Crippen LogP contribution in [0.2, 0.25) is 0 Å². The van der Waals surface area contributed by atoms with Crippen molar-refractivity contribution in [1.82, 2.24) is 0 Å². The second-order valence-electron chi connectivity index (χ2n) is 3.36.